The van der Waals surface area contributed by atoms with Crippen LogP contribution in [-0.4, -0.2) is 56.0 Å². The third-order valence-corrected chi connectivity index (χ3v) is 5.36. The predicted octanol–water partition coefficient (Wildman–Crippen LogP) is 0.0605. The highest BCUT2D eigenvalue weighted by Gasteiger charge is 2.57. The third-order valence-electron chi connectivity index (χ3n) is 4.75. The minimum atomic E-state index is -0.335. The van der Waals surface area contributed by atoms with Gasteiger partial charge in [-0.1, -0.05) is 6.55 Å². The molecule has 0 bridgehead atoms. The molecule has 17 heavy (non-hydrogen) atoms. The third kappa shape index (κ3) is 1.88. The Kier molecular flexibility index (Phi) is 3.54. The highest BCUT2D eigenvalue weighted by atomic mass is 28.2. The second kappa shape index (κ2) is 4.97. The molecule has 0 amide bonds. The van der Waals surface area contributed by atoms with Gasteiger partial charge >= 0.3 is 0 Å². The molecule has 5 heteroatoms. The van der Waals surface area contributed by atoms with Crippen molar-refractivity contribution in [1.29, 1.82) is 0 Å². The lowest BCUT2D eigenvalue weighted by Crippen LogP contribution is -2.63. The van der Waals surface area contributed by atoms with Gasteiger partial charge in [0.2, 0.25) is 0 Å². The SMILES string of the molecule is C[SiH2]OCC(C1COC1)(C1COC1)C1COC1. The van der Waals surface area contributed by atoms with E-state index in [0.717, 1.165) is 46.2 Å². The van der Waals surface area contributed by atoms with Gasteiger partial charge in [0.05, 0.1) is 39.6 Å². The van der Waals surface area contributed by atoms with Crippen molar-refractivity contribution in [3.05, 3.63) is 0 Å². The van der Waals surface area contributed by atoms with Gasteiger partial charge in [-0.15, -0.1) is 0 Å². The van der Waals surface area contributed by atoms with Crippen LogP contribution in [0.4, 0.5) is 0 Å². The summed E-state index contributed by atoms with van der Waals surface area (Å²) >= 11 is 0. The Balaban J connectivity index is 1.78. The first-order valence-electron chi connectivity index (χ1n) is 6.69. The topological polar surface area (TPSA) is 36.9 Å². The van der Waals surface area contributed by atoms with Gasteiger partial charge in [0.15, 0.2) is 9.76 Å². The Morgan fingerprint density at radius 2 is 1.35 bits per heavy atom. The number of rotatable bonds is 6. The van der Waals surface area contributed by atoms with Gasteiger partial charge < -0.3 is 18.6 Å². The van der Waals surface area contributed by atoms with Gasteiger partial charge in [0.25, 0.3) is 0 Å². The smallest absolute Gasteiger partial charge is 0.158 e. The maximum atomic E-state index is 5.94. The van der Waals surface area contributed by atoms with Crippen LogP contribution in [0.2, 0.25) is 6.55 Å². The van der Waals surface area contributed by atoms with Gasteiger partial charge in [-0.3, -0.25) is 0 Å². The molecule has 98 valence electrons. The molecular formula is C12H22O4Si. The Morgan fingerprint density at radius 1 is 0.941 bits per heavy atom. The van der Waals surface area contributed by atoms with E-state index in [1.165, 1.54) is 0 Å². The van der Waals surface area contributed by atoms with Gasteiger partial charge in [0, 0.05) is 29.8 Å². The van der Waals surface area contributed by atoms with Gasteiger partial charge in [-0.05, 0) is 0 Å². The first-order chi connectivity index (χ1) is 8.38. The molecule has 3 heterocycles. The summed E-state index contributed by atoms with van der Waals surface area (Å²) in [6.07, 6.45) is 0. The normalized spacial score (nSPS) is 28.1. The zero-order chi connectivity index (χ0) is 11.7. The van der Waals surface area contributed by atoms with E-state index in [-0.39, 0.29) is 15.2 Å². The average molecular weight is 258 g/mol. The lowest BCUT2D eigenvalue weighted by Gasteiger charge is -2.58. The molecule has 0 unspecified atom stereocenters. The van der Waals surface area contributed by atoms with Crippen molar-refractivity contribution < 1.29 is 18.6 Å². The van der Waals surface area contributed by atoms with E-state index in [4.69, 9.17) is 18.6 Å². The summed E-state index contributed by atoms with van der Waals surface area (Å²) in [4.78, 5) is 0. The molecule has 0 aromatic rings. The molecular weight excluding hydrogens is 236 g/mol. The second-order valence-electron chi connectivity index (χ2n) is 5.45. The van der Waals surface area contributed by atoms with Crippen molar-refractivity contribution in [2.24, 2.45) is 23.2 Å². The number of ether oxygens (including phenoxy) is 3. The van der Waals surface area contributed by atoms with Crippen LogP contribution < -0.4 is 0 Å². The zero-order valence-electron chi connectivity index (χ0n) is 10.5. The van der Waals surface area contributed by atoms with Crippen molar-refractivity contribution in [3.63, 3.8) is 0 Å². The van der Waals surface area contributed by atoms with Gasteiger partial charge in [0.1, 0.15) is 0 Å². The van der Waals surface area contributed by atoms with Crippen LogP contribution in [0.1, 0.15) is 0 Å². The molecule has 0 spiro atoms. The van der Waals surface area contributed by atoms with Crippen LogP contribution >= 0.6 is 0 Å². The van der Waals surface area contributed by atoms with Crippen molar-refractivity contribution >= 4 is 9.76 Å². The lowest BCUT2D eigenvalue weighted by molar-refractivity contribution is -0.249. The summed E-state index contributed by atoms with van der Waals surface area (Å²) in [6, 6.07) is 0. The van der Waals surface area contributed by atoms with Crippen LogP contribution in [0.5, 0.6) is 0 Å². The minimum absolute atomic E-state index is 0.276. The molecule has 3 aliphatic heterocycles. The van der Waals surface area contributed by atoms with E-state index in [2.05, 4.69) is 6.55 Å². The fourth-order valence-corrected chi connectivity index (χ4v) is 3.83. The van der Waals surface area contributed by atoms with Crippen LogP contribution in [0.3, 0.4) is 0 Å². The van der Waals surface area contributed by atoms with Crippen molar-refractivity contribution in [3.8, 4) is 0 Å². The molecule has 0 saturated carbocycles. The van der Waals surface area contributed by atoms with Crippen molar-refractivity contribution in [1.82, 2.24) is 0 Å². The van der Waals surface area contributed by atoms with Gasteiger partial charge in [-0.2, -0.15) is 0 Å². The monoisotopic (exact) mass is 258 g/mol. The summed E-state index contributed by atoms with van der Waals surface area (Å²) < 4.78 is 22.2. The van der Waals surface area contributed by atoms with E-state index in [9.17, 15) is 0 Å². The first kappa shape index (κ1) is 12.1. The number of hydrogen-bond donors (Lipinski definition) is 0. The van der Waals surface area contributed by atoms with E-state index in [0.29, 0.717) is 17.8 Å². The minimum Gasteiger partial charge on any atom is -0.424 e. The zero-order valence-corrected chi connectivity index (χ0v) is 11.9. The molecule has 0 aromatic carbocycles. The van der Waals surface area contributed by atoms with Crippen LogP contribution in [0, 0.1) is 23.2 Å². The largest absolute Gasteiger partial charge is 0.424 e. The summed E-state index contributed by atoms with van der Waals surface area (Å²) in [5.74, 6) is 1.97. The quantitative estimate of drug-likeness (QED) is 0.631. The molecule has 3 saturated heterocycles. The molecule has 3 fully saturated rings. The molecule has 3 aliphatic rings. The number of hydrogen-bond acceptors (Lipinski definition) is 4. The first-order valence-corrected chi connectivity index (χ1v) is 8.68. The molecule has 0 atom stereocenters. The van der Waals surface area contributed by atoms with Crippen molar-refractivity contribution in [2.75, 3.05) is 46.2 Å². The summed E-state index contributed by atoms with van der Waals surface area (Å²) in [7, 11) is -0.335. The Bertz CT molecular complexity index is 225. The molecule has 0 radical (unpaired) electrons. The fraction of sp³-hybridized carbons (Fsp3) is 1.00. The van der Waals surface area contributed by atoms with E-state index < -0.39 is 0 Å². The Labute approximate surface area is 105 Å². The Hall–Kier alpha value is 0.0569. The standard InChI is InChI=1S/C12H22O4Si/c1-17-16-8-12(9-2-13-3-9,10-4-14-5-10)11-6-15-7-11/h9-11H,2-8,17H2,1H3. The Morgan fingerprint density at radius 3 is 1.59 bits per heavy atom. The highest BCUT2D eigenvalue weighted by molar-refractivity contribution is 6.24. The van der Waals surface area contributed by atoms with E-state index >= 15 is 0 Å². The summed E-state index contributed by atoms with van der Waals surface area (Å²) in [5, 5.41) is 0. The van der Waals surface area contributed by atoms with Gasteiger partial charge in [-0.25, -0.2) is 0 Å². The molecule has 0 aromatic heterocycles. The van der Waals surface area contributed by atoms with E-state index in [1.807, 2.05) is 0 Å². The predicted molar refractivity (Wildman–Crippen MR) is 65.7 cm³/mol. The van der Waals surface area contributed by atoms with Crippen LogP contribution in [-0.2, 0) is 18.6 Å². The molecule has 0 aliphatic carbocycles. The average Bonchev–Trinajstić information content (AvgIpc) is 2.05. The maximum Gasteiger partial charge on any atom is 0.158 e. The summed E-state index contributed by atoms with van der Waals surface area (Å²) in [5.41, 5.74) is 0.276. The van der Waals surface area contributed by atoms with E-state index in [1.54, 1.807) is 0 Å². The molecule has 3 rings (SSSR count). The van der Waals surface area contributed by atoms with Crippen molar-refractivity contribution in [2.45, 2.75) is 6.55 Å². The second-order valence-corrected chi connectivity index (χ2v) is 6.44. The summed E-state index contributed by atoms with van der Waals surface area (Å²) in [6.45, 7) is 8.54. The van der Waals surface area contributed by atoms with Crippen LogP contribution in [0.15, 0.2) is 0 Å². The highest BCUT2D eigenvalue weighted by Crippen LogP contribution is 2.51. The fourth-order valence-electron chi connectivity index (χ4n) is 3.27. The molecule has 0 N–H and O–H groups in total. The maximum absolute atomic E-state index is 5.94. The van der Waals surface area contributed by atoms with Crippen LogP contribution in [0.25, 0.3) is 0 Å². The molecule has 4 nitrogen and oxygen atoms in total. The lowest BCUT2D eigenvalue weighted by atomic mass is 9.57.